The molecular weight excluding hydrogens is 224 g/mol. The molecule has 0 aromatic carbocycles. The van der Waals surface area contributed by atoms with Gasteiger partial charge in [0.1, 0.15) is 0 Å². The van der Waals surface area contributed by atoms with Crippen molar-refractivity contribution in [3.8, 4) is 0 Å². The van der Waals surface area contributed by atoms with Gasteiger partial charge < -0.3 is 19.9 Å². The van der Waals surface area contributed by atoms with Crippen LogP contribution < -0.4 is 5.32 Å². The Morgan fingerprint density at radius 3 is 2.88 bits per heavy atom. The van der Waals surface area contributed by atoms with Crippen LogP contribution in [0.15, 0.2) is 18.7 Å². The van der Waals surface area contributed by atoms with Crippen molar-refractivity contribution in [2.75, 3.05) is 20.1 Å². The number of carbonyl (C=O) groups is 2. The quantitative estimate of drug-likeness (QED) is 0.732. The topological polar surface area (TPSA) is 87.5 Å². The zero-order chi connectivity index (χ0) is 12.7. The van der Waals surface area contributed by atoms with E-state index >= 15 is 0 Å². The van der Waals surface area contributed by atoms with Crippen molar-refractivity contribution in [1.29, 1.82) is 0 Å². The van der Waals surface area contributed by atoms with E-state index in [4.69, 9.17) is 5.11 Å². The van der Waals surface area contributed by atoms with Crippen molar-refractivity contribution in [1.82, 2.24) is 19.8 Å². The molecule has 2 N–H and O–H groups in total. The fourth-order valence-electron chi connectivity index (χ4n) is 1.21. The molecule has 0 saturated carbocycles. The van der Waals surface area contributed by atoms with E-state index in [9.17, 15) is 9.59 Å². The lowest BCUT2D eigenvalue weighted by molar-refractivity contribution is -0.137. The summed E-state index contributed by atoms with van der Waals surface area (Å²) in [5.74, 6) is -0.914. The molecule has 7 heteroatoms. The van der Waals surface area contributed by atoms with Gasteiger partial charge in [0, 0.05) is 39.1 Å². The number of hydrogen-bond acceptors (Lipinski definition) is 3. The van der Waals surface area contributed by atoms with Gasteiger partial charge in [-0.25, -0.2) is 9.78 Å². The van der Waals surface area contributed by atoms with Crippen LogP contribution in [0.4, 0.5) is 4.79 Å². The Bertz CT molecular complexity index is 364. The van der Waals surface area contributed by atoms with E-state index in [0.717, 1.165) is 0 Å². The molecule has 0 atom stereocenters. The summed E-state index contributed by atoms with van der Waals surface area (Å²) in [4.78, 5) is 27.0. The molecule has 1 aromatic rings. The number of carboxylic acids is 1. The summed E-state index contributed by atoms with van der Waals surface area (Å²) in [6, 6.07) is -0.272. The second-order valence-corrected chi connectivity index (χ2v) is 3.60. The lowest BCUT2D eigenvalue weighted by Crippen LogP contribution is -2.39. The van der Waals surface area contributed by atoms with Gasteiger partial charge in [-0.3, -0.25) is 4.79 Å². The normalized spacial score (nSPS) is 9.94. The van der Waals surface area contributed by atoms with Gasteiger partial charge in [0.15, 0.2) is 0 Å². The maximum absolute atomic E-state index is 11.5. The first kappa shape index (κ1) is 13.0. The average molecular weight is 240 g/mol. The van der Waals surface area contributed by atoms with Gasteiger partial charge in [-0.15, -0.1) is 0 Å². The van der Waals surface area contributed by atoms with Crippen LogP contribution in [0.5, 0.6) is 0 Å². The molecular formula is C10H16N4O3. The zero-order valence-electron chi connectivity index (χ0n) is 9.67. The number of urea groups is 1. The van der Waals surface area contributed by atoms with E-state index in [2.05, 4.69) is 10.3 Å². The van der Waals surface area contributed by atoms with E-state index in [1.807, 2.05) is 4.57 Å². The zero-order valence-corrected chi connectivity index (χ0v) is 9.67. The highest BCUT2D eigenvalue weighted by atomic mass is 16.4. The number of nitrogens with one attached hydrogen (secondary N) is 1. The molecule has 7 nitrogen and oxygen atoms in total. The van der Waals surface area contributed by atoms with Crippen molar-refractivity contribution < 1.29 is 14.7 Å². The fraction of sp³-hybridized carbons (Fsp3) is 0.500. The summed E-state index contributed by atoms with van der Waals surface area (Å²) in [6.07, 6.45) is 5.09. The summed E-state index contributed by atoms with van der Waals surface area (Å²) in [7, 11) is 1.56. The molecule has 0 spiro atoms. The third kappa shape index (κ3) is 5.01. The Morgan fingerprint density at radius 2 is 2.29 bits per heavy atom. The lowest BCUT2D eigenvalue weighted by atomic mass is 10.4. The standard InChI is InChI=1S/C10H16N4O3/c1-13(5-2-9(15)16)10(17)12-4-7-14-6-3-11-8-14/h3,6,8H,2,4-5,7H2,1H3,(H,12,17)(H,15,16). The first-order valence-corrected chi connectivity index (χ1v) is 5.26. The SMILES string of the molecule is CN(CCC(=O)O)C(=O)NCCn1ccnc1. The third-order valence-electron chi connectivity index (χ3n) is 2.21. The minimum Gasteiger partial charge on any atom is -0.481 e. The number of amides is 2. The van der Waals surface area contributed by atoms with Crippen molar-refractivity contribution in [3.05, 3.63) is 18.7 Å². The Labute approximate surface area is 99.1 Å². The molecule has 94 valence electrons. The molecule has 0 unspecified atom stereocenters. The number of carboxylic acid groups (broad SMARTS) is 1. The van der Waals surface area contributed by atoms with Gasteiger partial charge in [0.25, 0.3) is 0 Å². The highest BCUT2D eigenvalue weighted by Gasteiger charge is 2.08. The average Bonchev–Trinajstić information content (AvgIpc) is 2.78. The first-order valence-electron chi connectivity index (χ1n) is 5.26. The molecule has 1 aromatic heterocycles. The smallest absolute Gasteiger partial charge is 0.317 e. The minimum atomic E-state index is -0.914. The van der Waals surface area contributed by atoms with Crippen LogP contribution in [0.2, 0.25) is 0 Å². The Kier molecular flexibility index (Phi) is 4.99. The molecule has 2 amide bonds. The van der Waals surface area contributed by atoms with E-state index in [1.165, 1.54) is 4.90 Å². The van der Waals surface area contributed by atoms with Crippen LogP contribution in [0.1, 0.15) is 6.42 Å². The van der Waals surface area contributed by atoms with Crippen LogP contribution in [-0.2, 0) is 11.3 Å². The van der Waals surface area contributed by atoms with Crippen molar-refractivity contribution in [3.63, 3.8) is 0 Å². The van der Waals surface area contributed by atoms with Gasteiger partial charge in [0.2, 0.25) is 0 Å². The molecule has 0 aliphatic rings. The number of nitrogens with zero attached hydrogens (tertiary/aromatic N) is 3. The molecule has 1 heterocycles. The Balaban J connectivity index is 2.17. The minimum absolute atomic E-state index is 0.0502. The van der Waals surface area contributed by atoms with Crippen molar-refractivity contribution in [2.24, 2.45) is 0 Å². The monoisotopic (exact) mass is 240 g/mol. The maximum Gasteiger partial charge on any atom is 0.317 e. The second kappa shape index (κ2) is 6.51. The number of imidazole rings is 1. The van der Waals surface area contributed by atoms with Gasteiger partial charge in [-0.05, 0) is 0 Å². The number of rotatable bonds is 6. The van der Waals surface area contributed by atoms with Gasteiger partial charge in [0.05, 0.1) is 12.7 Å². The van der Waals surface area contributed by atoms with Crippen LogP contribution in [-0.4, -0.2) is 51.7 Å². The first-order chi connectivity index (χ1) is 8.09. The van der Waals surface area contributed by atoms with E-state index in [1.54, 1.807) is 25.8 Å². The fourth-order valence-corrected chi connectivity index (χ4v) is 1.21. The summed E-state index contributed by atoms with van der Waals surface area (Å²) in [5, 5.41) is 11.2. The lowest BCUT2D eigenvalue weighted by Gasteiger charge is -2.16. The molecule has 0 saturated heterocycles. The van der Waals surface area contributed by atoms with Crippen molar-refractivity contribution >= 4 is 12.0 Å². The molecule has 0 radical (unpaired) electrons. The molecule has 0 aliphatic carbocycles. The molecule has 0 bridgehead atoms. The number of aromatic nitrogens is 2. The van der Waals surface area contributed by atoms with Gasteiger partial charge >= 0.3 is 12.0 Å². The van der Waals surface area contributed by atoms with Crippen LogP contribution in [0.3, 0.4) is 0 Å². The van der Waals surface area contributed by atoms with Crippen LogP contribution >= 0.6 is 0 Å². The van der Waals surface area contributed by atoms with E-state index in [0.29, 0.717) is 13.1 Å². The molecule has 17 heavy (non-hydrogen) atoms. The second-order valence-electron chi connectivity index (χ2n) is 3.60. The maximum atomic E-state index is 11.5. The third-order valence-corrected chi connectivity index (χ3v) is 2.21. The number of aliphatic carboxylic acids is 1. The summed E-state index contributed by atoms with van der Waals surface area (Å²) in [6.45, 7) is 1.32. The van der Waals surface area contributed by atoms with Gasteiger partial charge in [-0.2, -0.15) is 0 Å². The largest absolute Gasteiger partial charge is 0.481 e. The predicted octanol–water partition coefficient (Wildman–Crippen LogP) is -0.000800. The van der Waals surface area contributed by atoms with Gasteiger partial charge in [-0.1, -0.05) is 0 Å². The Morgan fingerprint density at radius 1 is 1.53 bits per heavy atom. The summed E-state index contributed by atoms with van der Waals surface area (Å²) < 4.78 is 1.84. The van der Waals surface area contributed by atoms with Crippen LogP contribution in [0.25, 0.3) is 0 Å². The summed E-state index contributed by atoms with van der Waals surface area (Å²) in [5.41, 5.74) is 0. The number of hydrogen-bond donors (Lipinski definition) is 2. The van der Waals surface area contributed by atoms with E-state index in [-0.39, 0.29) is 19.0 Å². The summed E-state index contributed by atoms with van der Waals surface area (Å²) >= 11 is 0. The highest BCUT2D eigenvalue weighted by molar-refractivity contribution is 5.74. The molecule has 0 fully saturated rings. The van der Waals surface area contributed by atoms with Crippen LogP contribution in [0, 0.1) is 0 Å². The predicted molar refractivity (Wildman–Crippen MR) is 60.5 cm³/mol. The highest BCUT2D eigenvalue weighted by Crippen LogP contribution is 1.89. The van der Waals surface area contributed by atoms with Crippen molar-refractivity contribution in [2.45, 2.75) is 13.0 Å². The molecule has 0 aliphatic heterocycles. The Hall–Kier alpha value is -2.05. The molecule has 1 rings (SSSR count). The number of carbonyl (C=O) groups excluding carboxylic acids is 1. The van der Waals surface area contributed by atoms with E-state index < -0.39 is 5.97 Å².